The lowest BCUT2D eigenvalue weighted by Gasteiger charge is -2.09. The first kappa shape index (κ1) is 19.3. The summed E-state index contributed by atoms with van der Waals surface area (Å²) in [6, 6.07) is 5.53. The summed E-state index contributed by atoms with van der Waals surface area (Å²) in [5.41, 5.74) is 5.90. The van der Waals surface area contributed by atoms with E-state index in [4.69, 9.17) is 10.8 Å². The molecule has 1 atom stereocenters. The average molecular weight is 314 g/mol. The van der Waals surface area contributed by atoms with E-state index in [0.29, 0.717) is 12.1 Å². The van der Waals surface area contributed by atoms with Crippen molar-refractivity contribution in [3.63, 3.8) is 0 Å². The van der Waals surface area contributed by atoms with Crippen LogP contribution in [-0.2, 0) is 20.5 Å². The van der Waals surface area contributed by atoms with E-state index < -0.39 is 12.0 Å². The van der Waals surface area contributed by atoms with E-state index in [-0.39, 0.29) is 22.6 Å². The lowest BCUT2D eigenvalue weighted by Crippen LogP contribution is -2.42. The van der Waals surface area contributed by atoms with Gasteiger partial charge in [-0.15, -0.1) is 0 Å². The smallest absolute Gasteiger partial charge is 0.221 e. The largest absolute Gasteiger partial charge is 0.548 e. The van der Waals surface area contributed by atoms with Crippen molar-refractivity contribution in [2.75, 3.05) is 23.6 Å². The Balaban J connectivity index is 0.000000384. The highest BCUT2D eigenvalue weighted by molar-refractivity contribution is 7.95. The zero-order valence-electron chi connectivity index (χ0n) is 12.5. The normalized spacial score (nSPS) is 11.3. The van der Waals surface area contributed by atoms with Crippen LogP contribution >= 0.6 is 0 Å². The Morgan fingerprint density at radius 2 is 1.86 bits per heavy atom. The number of phenols is 1. The molecule has 118 valence electrons. The number of carboxylic acids is 1. The van der Waals surface area contributed by atoms with Crippen LogP contribution in [0, 0.1) is 0 Å². The minimum Gasteiger partial charge on any atom is -0.548 e. The predicted octanol–water partition coefficient (Wildman–Crippen LogP) is -0.318. The number of amides is 1. The number of carboxylic acid groups (broad SMARTS) is 1. The number of nitrogens with two attached hydrogens (primary N) is 1. The van der Waals surface area contributed by atoms with Crippen LogP contribution in [0.1, 0.15) is 13.3 Å². The fraction of sp³-hybridized carbons (Fsp3) is 0.429. The van der Waals surface area contributed by atoms with Gasteiger partial charge in [0.15, 0.2) is 0 Å². The molecule has 1 aromatic rings. The summed E-state index contributed by atoms with van der Waals surface area (Å²) in [7, 11) is 0.276. The van der Waals surface area contributed by atoms with Crippen LogP contribution in [0.4, 0.5) is 5.69 Å². The second-order valence-electron chi connectivity index (χ2n) is 4.63. The number of benzene rings is 1. The Morgan fingerprint density at radius 1 is 1.33 bits per heavy atom. The Morgan fingerprint density at radius 3 is 2.24 bits per heavy atom. The summed E-state index contributed by atoms with van der Waals surface area (Å²) >= 11 is 0. The number of nitrogens with one attached hydrogen (secondary N) is 1. The van der Waals surface area contributed by atoms with Crippen molar-refractivity contribution in [2.45, 2.75) is 19.4 Å². The van der Waals surface area contributed by atoms with Gasteiger partial charge in [0.05, 0.1) is 18.5 Å². The van der Waals surface area contributed by atoms with Crippen LogP contribution in [-0.4, -0.2) is 41.3 Å². The second-order valence-corrected chi connectivity index (χ2v) is 7.01. The molecule has 0 aliphatic heterocycles. The molecule has 1 aromatic carbocycles. The molecule has 7 heteroatoms. The maximum absolute atomic E-state index is 10.5. The number of hydrogen-bond donors (Lipinski definition) is 3. The van der Waals surface area contributed by atoms with E-state index in [1.807, 2.05) is 0 Å². The lowest BCUT2D eigenvalue weighted by atomic mass is 10.2. The SMILES string of the molecule is CC(=O)Nc1ccc(O)cc1.C[S+](C)CC[C@H](N)C(=O)[O-]. The topological polar surface area (TPSA) is 115 Å². The predicted molar refractivity (Wildman–Crippen MR) is 84.1 cm³/mol. The van der Waals surface area contributed by atoms with E-state index in [1.165, 1.54) is 19.1 Å². The molecule has 1 rings (SSSR count). The van der Waals surface area contributed by atoms with Crippen LogP contribution in [0.15, 0.2) is 24.3 Å². The van der Waals surface area contributed by atoms with Gasteiger partial charge < -0.3 is 26.1 Å². The zero-order chi connectivity index (χ0) is 16.4. The standard InChI is InChI=1S/C8H9NO2.C6H13NO2S/c1-6(10)9-7-2-4-8(11)5-3-7;1-10(2)4-3-5(7)6(8)9/h2-5,11H,1H3,(H,9,10);5H,3-4,7H2,1-2H3/t;5-/m.0/s1. The van der Waals surface area contributed by atoms with E-state index in [0.717, 1.165) is 5.75 Å². The maximum Gasteiger partial charge on any atom is 0.221 e. The number of aliphatic carboxylic acids is 1. The monoisotopic (exact) mass is 314 g/mol. The molecule has 0 radical (unpaired) electrons. The van der Waals surface area contributed by atoms with Crippen molar-refractivity contribution in [1.29, 1.82) is 0 Å². The van der Waals surface area contributed by atoms with Crippen molar-refractivity contribution in [2.24, 2.45) is 5.73 Å². The molecule has 1 amide bonds. The van der Waals surface area contributed by atoms with Crippen molar-refractivity contribution in [3.8, 4) is 5.75 Å². The van der Waals surface area contributed by atoms with Gasteiger partial charge in [-0.1, -0.05) is 0 Å². The maximum atomic E-state index is 10.5. The summed E-state index contributed by atoms with van der Waals surface area (Å²) in [4.78, 5) is 20.6. The van der Waals surface area contributed by atoms with Crippen LogP contribution in [0.5, 0.6) is 5.75 Å². The first-order valence-corrected chi connectivity index (χ1v) is 8.50. The summed E-state index contributed by atoms with van der Waals surface area (Å²) < 4.78 is 0. The van der Waals surface area contributed by atoms with E-state index in [1.54, 1.807) is 12.1 Å². The molecule has 0 fully saturated rings. The molecule has 0 unspecified atom stereocenters. The van der Waals surface area contributed by atoms with Gasteiger partial charge in [-0.2, -0.15) is 0 Å². The molecule has 0 aliphatic rings. The fourth-order valence-corrected chi connectivity index (χ4v) is 1.95. The van der Waals surface area contributed by atoms with Gasteiger partial charge in [-0.25, -0.2) is 0 Å². The van der Waals surface area contributed by atoms with Crippen molar-refractivity contribution >= 4 is 28.5 Å². The third kappa shape index (κ3) is 10.7. The summed E-state index contributed by atoms with van der Waals surface area (Å²) in [5.74, 6) is -0.199. The molecular weight excluding hydrogens is 292 g/mol. The molecule has 0 spiro atoms. The second kappa shape index (κ2) is 10.1. The highest BCUT2D eigenvalue weighted by atomic mass is 32.2. The number of anilines is 1. The van der Waals surface area contributed by atoms with Crippen LogP contribution in [0.25, 0.3) is 0 Å². The molecule has 0 aliphatic carbocycles. The number of aromatic hydroxyl groups is 1. The quantitative estimate of drug-likeness (QED) is 0.509. The average Bonchev–Trinajstić information content (AvgIpc) is 2.38. The van der Waals surface area contributed by atoms with Crippen LogP contribution in [0.3, 0.4) is 0 Å². The minimum atomic E-state index is -1.15. The zero-order valence-corrected chi connectivity index (χ0v) is 13.3. The van der Waals surface area contributed by atoms with Crippen molar-refractivity contribution < 1.29 is 19.8 Å². The third-order valence-electron chi connectivity index (χ3n) is 2.33. The molecular formula is C14H22N2O4S. The Hall–Kier alpha value is -1.73. The van der Waals surface area contributed by atoms with Crippen molar-refractivity contribution in [1.82, 2.24) is 0 Å². The van der Waals surface area contributed by atoms with Gasteiger partial charge in [0, 0.05) is 25.1 Å². The van der Waals surface area contributed by atoms with Gasteiger partial charge in [-0.3, -0.25) is 4.79 Å². The molecule has 0 aromatic heterocycles. The molecule has 0 saturated heterocycles. The van der Waals surface area contributed by atoms with Gasteiger partial charge in [-0.05, 0) is 35.2 Å². The number of rotatable bonds is 5. The highest BCUT2D eigenvalue weighted by Gasteiger charge is 2.08. The van der Waals surface area contributed by atoms with E-state index in [9.17, 15) is 14.7 Å². The molecule has 21 heavy (non-hydrogen) atoms. The molecule has 0 heterocycles. The van der Waals surface area contributed by atoms with Gasteiger partial charge in [0.1, 0.15) is 11.5 Å². The van der Waals surface area contributed by atoms with Gasteiger partial charge in [0.2, 0.25) is 5.91 Å². The van der Waals surface area contributed by atoms with Crippen molar-refractivity contribution in [3.05, 3.63) is 24.3 Å². The highest BCUT2D eigenvalue weighted by Crippen LogP contribution is 2.13. The Bertz CT molecular complexity index is 449. The number of hydrogen-bond acceptors (Lipinski definition) is 5. The Kier molecular flexibility index (Phi) is 9.23. The summed E-state index contributed by atoms with van der Waals surface area (Å²) in [6.07, 6.45) is 4.64. The van der Waals surface area contributed by atoms with Gasteiger partial charge >= 0.3 is 0 Å². The summed E-state index contributed by atoms with van der Waals surface area (Å²) in [5, 5.41) is 21.5. The van der Waals surface area contributed by atoms with E-state index >= 15 is 0 Å². The molecule has 0 bridgehead atoms. The first-order chi connectivity index (χ1) is 9.72. The lowest BCUT2D eigenvalue weighted by molar-refractivity contribution is -0.307. The number of carbonyl (C=O) groups is 2. The minimum absolute atomic E-state index is 0.115. The Labute approximate surface area is 127 Å². The van der Waals surface area contributed by atoms with Crippen LogP contribution in [0.2, 0.25) is 0 Å². The summed E-state index contributed by atoms with van der Waals surface area (Å²) in [6.45, 7) is 1.44. The molecule has 6 nitrogen and oxygen atoms in total. The number of phenolic OH excluding ortho intramolecular Hbond substituents is 1. The fourth-order valence-electron chi connectivity index (χ4n) is 1.23. The van der Waals surface area contributed by atoms with Crippen LogP contribution < -0.4 is 16.2 Å². The molecule has 4 N–H and O–H groups in total. The van der Waals surface area contributed by atoms with E-state index in [2.05, 4.69) is 17.8 Å². The number of carbonyl (C=O) groups excluding carboxylic acids is 2. The molecule has 0 saturated carbocycles. The van der Waals surface area contributed by atoms with Gasteiger partial charge in [0.25, 0.3) is 0 Å². The first-order valence-electron chi connectivity index (χ1n) is 6.29. The third-order valence-corrected chi connectivity index (χ3v) is 3.38.